The quantitative estimate of drug-likeness (QED) is 0.327. The van der Waals surface area contributed by atoms with Gasteiger partial charge >= 0.3 is 0 Å². The molecule has 2 unspecified atom stereocenters. The van der Waals surface area contributed by atoms with Crippen molar-refractivity contribution in [3.63, 3.8) is 0 Å². The number of hydrogen-bond donors (Lipinski definition) is 2. The first kappa shape index (κ1) is 13.3. The number of rotatable bonds is 5. The van der Waals surface area contributed by atoms with Crippen molar-refractivity contribution in [3.05, 3.63) is 0 Å². The average Bonchev–Trinajstić information content (AvgIpc) is 2.35. The molecule has 4 nitrogen and oxygen atoms in total. The molecule has 0 radical (unpaired) electrons. The summed E-state index contributed by atoms with van der Waals surface area (Å²) in [5.41, 5.74) is 5.58. The van der Waals surface area contributed by atoms with Crippen LogP contribution in [0.4, 0.5) is 0 Å². The Morgan fingerprint density at radius 3 is 2.75 bits per heavy atom. The van der Waals surface area contributed by atoms with E-state index >= 15 is 0 Å². The number of nitrogens with two attached hydrogens (primary N) is 1. The maximum Gasteiger partial charge on any atom is 0.153 e. The highest BCUT2D eigenvalue weighted by Crippen LogP contribution is 2.29. The molecule has 0 aromatic rings. The monoisotopic (exact) mass is 227 g/mol. The van der Waals surface area contributed by atoms with Gasteiger partial charge in [0.1, 0.15) is 0 Å². The van der Waals surface area contributed by atoms with Crippen LogP contribution in [0.25, 0.3) is 0 Å². The lowest BCUT2D eigenvalue weighted by atomic mass is 9.83. The number of nitrogens with zero attached hydrogens (tertiary/aromatic N) is 2. The van der Waals surface area contributed by atoms with Crippen molar-refractivity contribution in [2.45, 2.75) is 52.0 Å². The van der Waals surface area contributed by atoms with Crippen molar-refractivity contribution in [3.8, 4) is 0 Å². The van der Waals surface area contributed by atoms with Crippen molar-refractivity contribution in [2.75, 3.05) is 13.1 Å². The summed E-state index contributed by atoms with van der Waals surface area (Å²) >= 11 is 0. The molecular formula is C12H25N3O. The predicted molar refractivity (Wildman–Crippen MR) is 66.7 cm³/mol. The number of likely N-dealkylation sites (N-methyl/N-ethyl adjacent to an activating group) is 1. The smallest absolute Gasteiger partial charge is 0.153 e. The van der Waals surface area contributed by atoms with E-state index in [0.717, 1.165) is 12.5 Å². The van der Waals surface area contributed by atoms with Crippen molar-refractivity contribution in [1.29, 1.82) is 0 Å². The van der Waals surface area contributed by atoms with Gasteiger partial charge in [0.25, 0.3) is 0 Å². The van der Waals surface area contributed by atoms with Gasteiger partial charge in [-0.15, -0.1) is 0 Å². The van der Waals surface area contributed by atoms with Crippen LogP contribution in [0.5, 0.6) is 0 Å². The van der Waals surface area contributed by atoms with Crippen LogP contribution in [0.3, 0.4) is 0 Å². The molecule has 1 aliphatic rings. The third-order valence-electron chi connectivity index (χ3n) is 3.75. The largest absolute Gasteiger partial charge is 0.409 e. The molecule has 94 valence electrons. The van der Waals surface area contributed by atoms with Gasteiger partial charge in [0.05, 0.1) is 6.54 Å². The molecule has 0 amide bonds. The molecule has 0 aliphatic heterocycles. The Hall–Kier alpha value is -0.770. The fourth-order valence-electron chi connectivity index (χ4n) is 2.70. The molecule has 0 heterocycles. The van der Waals surface area contributed by atoms with Crippen LogP contribution in [0.1, 0.15) is 46.0 Å². The predicted octanol–water partition coefficient (Wildman–Crippen LogP) is 2.02. The molecule has 0 spiro atoms. The molecule has 1 saturated carbocycles. The summed E-state index contributed by atoms with van der Waals surface area (Å²) in [4.78, 5) is 2.33. The lowest BCUT2D eigenvalue weighted by molar-refractivity contribution is 0.149. The van der Waals surface area contributed by atoms with Gasteiger partial charge in [-0.2, -0.15) is 0 Å². The molecule has 1 aliphatic carbocycles. The Bertz CT molecular complexity index is 230. The Balaban J connectivity index is 2.51. The summed E-state index contributed by atoms with van der Waals surface area (Å²) in [5.74, 6) is 1.18. The molecule has 4 heteroatoms. The molecule has 0 bridgehead atoms. The standard InChI is InChI=1S/C12H25N3O/c1-3-10-6-5-7-11(8-10)15(4-2)9-12(13)14-16/h10-11,16H,3-9H2,1-2H3,(H2,13,14). The zero-order chi connectivity index (χ0) is 12.0. The fraction of sp³-hybridized carbons (Fsp3) is 0.917. The lowest BCUT2D eigenvalue weighted by Gasteiger charge is -2.36. The topological polar surface area (TPSA) is 61.8 Å². The average molecular weight is 227 g/mol. The summed E-state index contributed by atoms with van der Waals surface area (Å²) in [6, 6.07) is 0.615. The Morgan fingerprint density at radius 2 is 2.19 bits per heavy atom. The third kappa shape index (κ3) is 3.67. The van der Waals surface area contributed by atoms with E-state index in [0.29, 0.717) is 18.4 Å². The minimum Gasteiger partial charge on any atom is -0.409 e. The van der Waals surface area contributed by atoms with E-state index in [9.17, 15) is 0 Å². The van der Waals surface area contributed by atoms with Gasteiger partial charge in [0.2, 0.25) is 0 Å². The number of amidine groups is 1. The highest BCUT2D eigenvalue weighted by molar-refractivity contribution is 5.81. The van der Waals surface area contributed by atoms with E-state index in [4.69, 9.17) is 10.9 Å². The zero-order valence-corrected chi connectivity index (χ0v) is 10.5. The lowest BCUT2D eigenvalue weighted by Crippen LogP contribution is -2.43. The van der Waals surface area contributed by atoms with E-state index in [1.165, 1.54) is 32.1 Å². The maximum atomic E-state index is 8.61. The Morgan fingerprint density at radius 1 is 1.44 bits per heavy atom. The Kier molecular flexibility index (Phi) is 5.60. The normalized spacial score (nSPS) is 27.3. The van der Waals surface area contributed by atoms with Crippen LogP contribution in [0.2, 0.25) is 0 Å². The van der Waals surface area contributed by atoms with Crippen LogP contribution in [0, 0.1) is 5.92 Å². The molecule has 0 aromatic carbocycles. The Labute approximate surface area is 98.5 Å². The van der Waals surface area contributed by atoms with Crippen LogP contribution in [-0.4, -0.2) is 35.1 Å². The minimum absolute atomic E-state index is 0.320. The first-order chi connectivity index (χ1) is 7.71. The fourth-order valence-corrected chi connectivity index (χ4v) is 2.70. The second-order valence-corrected chi connectivity index (χ2v) is 4.75. The molecule has 1 rings (SSSR count). The van der Waals surface area contributed by atoms with Gasteiger partial charge in [-0.25, -0.2) is 0 Å². The van der Waals surface area contributed by atoms with Gasteiger partial charge in [-0.05, 0) is 25.3 Å². The number of oxime groups is 1. The van der Waals surface area contributed by atoms with Gasteiger partial charge in [-0.1, -0.05) is 38.3 Å². The second kappa shape index (κ2) is 6.74. The van der Waals surface area contributed by atoms with Gasteiger partial charge in [-0.3, -0.25) is 4.90 Å². The minimum atomic E-state index is 0.320. The molecule has 0 aromatic heterocycles. The van der Waals surface area contributed by atoms with Crippen LogP contribution >= 0.6 is 0 Å². The first-order valence-electron chi connectivity index (χ1n) is 6.41. The zero-order valence-electron chi connectivity index (χ0n) is 10.5. The highest BCUT2D eigenvalue weighted by atomic mass is 16.4. The van der Waals surface area contributed by atoms with Gasteiger partial charge < -0.3 is 10.9 Å². The maximum absolute atomic E-state index is 8.61. The van der Waals surface area contributed by atoms with Gasteiger partial charge in [0.15, 0.2) is 5.84 Å². The molecule has 2 atom stereocenters. The second-order valence-electron chi connectivity index (χ2n) is 4.75. The van der Waals surface area contributed by atoms with Crippen LogP contribution < -0.4 is 5.73 Å². The van der Waals surface area contributed by atoms with E-state index in [1.807, 2.05) is 0 Å². The van der Waals surface area contributed by atoms with Crippen molar-refractivity contribution >= 4 is 5.84 Å². The van der Waals surface area contributed by atoms with E-state index < -0.39 is 0 Å². The van der Waals surface area contributed by atoms with Crippen LogP contribution in [-0.2, 0) is 0 Å². The van der Waals surface area contributed by atoms with Crippen molar-refractivity contribution in [2.24, 2.45) is 16.8 Å². The molecule has 1 fully saturated rings. The van der Waals surface area contributed by atoms with E-state index in [2.05, 4.69) is 23.9 Å². The summed E-state index contributed by atoms with van der Waals surface area (Å²) in [5, 5.41) is 11.7. The SMILES string of the molecule is CCC1CCCC(N(CC)CC(N)=NO)C1. The first-order valence-corrected chi connectivity index (χ1v) is 6.41. The summed E-state index contributed by atoms with van der Waals surface area (Å²) < 4.78 is 0. The van der Waals surface area contributed by atoms with Crippen molar-refractivity contribution < 1.29 is 5.21 Å². The summed E-state index contributed by atoms with van der Waals surface area (Å²) in [6.07, 6.45) is 6.48. The third-order valence-corrected chi connectivity index (χ3v) is 3.75. The van der Waals surface area contributed by atoms with E-state index in [1.54, 1.807) is 0 Å². The molecule has 0 saturated heterocycles. The molecule has 3 N–H and O–H groups in total. The summed E-state index contributed by atoms with van der Waals surface area (Å²) in [7, 11) is 0. The number of hydrogen-bond acceptors (Lipinski definition) is 3. The highest BCUT2D eigenvalue weighted by Gasteiger charge is 2.25. The van der Waals surface area contributed by atoms with Gasteiger partial charge in [0, 0.05) is 6.04 Å². The molecular weight excluding hydrogens is 202 g/mol. The van der Waals surface area contributed by atoms with E-state index in [-0.39, 0.29) is 0 Å². The van der Waals surface area contributed by atoms with Crippen molar-refractivity contribution in [1.82, 2.24) is 4.90 Å². The summed E-state index contributed by atoms with van der Waals surface area (Å²) in [6.45, 7) is 5.97. The molecule has 16 heavy (non-hydrogen) atoms. The van der Waals surface area contributed by atoms with Crippen LogP contribution in [0.15, 0.2) is 5.16 Å².